The molecule has 0 saturated carbocycles. The summed E-state index contributed by atoms with van der Waals surface area (Å²) >= 11 is 0. The molecule has 0 aromatic heterocycles. The molecular formula is C6H16N2O6S2. The zero-order valence-electron chi connectivity index (χ0n) is 8.99. The standard InChI is InChI=1S/C6H16N2O6S2/c1-15(9,10)13-5(3-7)6(4-8)14-16(2,11)12/h5-6H,3-4,7-8H2,1-2H3/t5-,6-/m1/s1. The summed E-state index contributed by atoms with van der Waals surface area (Å²) in [6, 6.07) is 0. The summed E-state index contributed by atoms with van der Waals surface area (Å²) in [6.07, 6.45) is -0.614. The molecule has 0 heterocycles. The Balaban J connectivity index is 4.77. The van der Waals surface area contributed by atoms with Crippen molar-refractivity contribution in [1.29, 1.82) is 0 Å². The summed E-state index contributed by atoms with van der Waals surface area (Å²) in [6.45, 7) is -0.463. The summed E-state index contributed by atoms with van der Waals surface area (Å²) in [4.78, 5) is 0. The maximum Gasteiger partial charge on any atom is 0.264 e. The number of nitrogens with two attached hydrogens (primary N) is 2. The van der Waals surface area contributed by atoms with Crippen LogP contribution in [0.15, 0.2) is 0 Å². The minimum Gasteiger partial charge on any atom is -0.328 e. The minimum absolute atomic E-state index is 0.232. The van der Waals surface area contributed by atoms with Crippen LogP contribution < -0.4 is 11.5 Å². The van der Waals surface area contributed by atoms with Crippen molar-refractivity contribution in [3.8, 4) is 0 Å². The van der Waals surface area contributed by atoms with Gasteiger partial charge in [0.2, 0.25) is 0 Å². The summed E-state index contributed by atoms with van der Waals surface area (Å²) < 4.78 is 52.6. The first kappa shape index (κ1) is 15.7. The van der Waals surface area contributed by atoms with Crippen molar-refractivity contribution in [2.24, 2.45) is 11.5 Å². The number of hydrogen-bond donors (Lipinski definition) is 2. The van der Waals surface area contributed by atoms with Crippen molar-refractivity contribution >= 4 is 20.2 Å². The Morgan fingerprint density at radius 1 is 0.875 bits per heavy atom. The van der Waals surface area contributed by atoms with Crippen LogP contribution >= 0.6 is 0 Å². The quantitative estimate of drug-likeness (QED) is 0.490. The van der Waals surface area contributed by atoms with Gasteiger partial charge in [-0.15, -0.1) is 0 Å². The van der Waals surface area contributed by atoms with Gasteiger partial charge >= 0.3 is 0 Å². The predicted octanol–water partition coefficient (Wildman–Crippen LogP) is -2.41. The molecule has 0 fully saturated rings. The first-order chi connectivity index (χ1) is 7.09. The van der Waals surface area contributed by atoms with Crippen LogP contribution in [-0.2, 0) is 28.6 Å². The molecule has 0 rings (SSSR count). The SMILES string of the molecule is CS(=O)(=O)O[C@H](CN)[C@@H](CN)OS(C)(=O)=O. The van der Waals surface area contributed by atoms with Gasteiger partial charge in [0.1, 0.15) is 12.2 Å². The fourth-order valence-electron chi connectivity index (χ4n) is 0.955. The van der Waals surface area contributed by atoms with E-state index in [9.17, 15) is 16.8 Å². The highest BCUT2D eigenvalue weighted by molar-refractivity contribution is 7.86. The summed E-state index contributed by atoms with van der Waals surface area (Å²) in [5.74, 6) is 0. The summed E-state index contributed by atoms with van der Waals surface area (Å²) in [5.41, 5.74) is 10.5. The second-order valence-electron chi connectivity index (χ2n) is 3.15. The van der Waals surface area contributed by atoms with Crippen molar-refractivity contribution in [2.45, 2.75) is 12.2 Å². The van der Waals surface area contributed by atoms with E-state index in [1.54, 1.807) is 0 Å². The predicted molar refractivity (Wildman–Crippen MR) is 57.5 cm³/mol. The average molecular weight is 276 g/mol. The monoisotopic (exact) mass is 276 g/mol. The summed E-state index contributed by atoms with van der Waals surface area (Å²) in [7, 11) is -7.51. The molecule has 0 aliphatic carbocycles. The van der Waals surface area contributed by atoms with E-state index >= 15 is 0 Å². The first-order valence-corrected chi connectivity index (χ1v) is 7.89. The zero-order valence-corrected chi connectivity index (χ0v) is 10.6. The van der Waals surface area contributed by atoms with E-state index in [2.05, 4.69) is 8.37 Å². The maximum absolute atomic E-state index is 10.9. The van der Waals surface area contributed by atoms with Gasteiger partial charge in [-0.3, -0.25) is 8.37 Å². The van der Waals surface area contributed by atoms with Crippen LogP contribution in [0.5, 0.6) is 0 Å². The molecule has 0 saturated heterocycles. The van der Waals surface area contributed by atoms with Gasteiger partial charge in [0.15, 0.2) is 0 Å². The second kappa shape index (κ2) is 5.89. The Hall–Kier alpha value is -0.260. The molecule has 98 valence electrons. The topological polar surface area (TPSA) is 139 Å². The van der Waals surface area contributed by atoms with Crippen LogP contribution in [0.3, 0.4) is 0 Å². The van der Waals surface area contributed by atoms with E-state index in [0.717, 1.165) is 12.5 Å². The average Bonchev–Trinajstić information content (AvgIpc) is 2.07. The fraction of sp³-hybridized carbons (Fsp3) is 1.00. The van der Waals surface area contributed by atoms with Gasteiger partial charge in [-0.2, -0.15) is 16.8 Å². The Morgan fingerprint density at radius 3 is 1.25 bits per heavy atom. The van der Waals surface area contributed by atoms with Crippen LogP contribution in [0.4, 0.5) is 0 Å². The van der Waals surface area contributed by atoms with Gasteiger partial charge in [-0.25, -0.2) is 0 Å². The highest BCUT2D eigenvalue weighted by Crippen LogP contribution is 2.08. The van der Waals surface area contributed by atoms with Gasteiger partial charge in [-0.05, 0) is 0 Å². The number of hydrogen-bond acceptors (Lipinski definition) is 8. The van der Waals surface area contributed by atoms with Gasteiger partial charge in [0.05, 0.1) is 12.5 Å². The van der Waals surface area contributed by atoms with Gasteiger partial charge in [0.25, 0.3) is 20.2 Å². The van der Waals surface area contributed by atoms with Gasteiger partial charge in [-0.1, -0.05) is 0 Å². The van der Waals surface area contributed by atoms with Gasteiger partial charge in [0, 0.05) is 13.1 Å². The van der Waals surface area contributed by atoms with E-state index < -0.39 is 32.4 Å². The minimum atomic E-state index is -3.76. The van der Waals surface area contributed by atoms with Gasteiger partial charge < -0.3 is 11.5 Å². The third kappa shape index (κ3) is 7.09. The van der Waals surface area contributed by atoms with E-state index in [0.29, 0.717) is 0 Å². The molecule has 0 bridgehead atoms. The van der Waals surface area contributed by atoms with Crippen LogP contribution in [0, 0.1) is 0 Å². The third-order valence-electron chi connectivity index (χ3n) is 1.48. The van der Waals surface area contributed by atoms with Crippen molar-refractivity contribution in [1.82, 2.24) is 0 Å². The highest BCUT2D eigenvalue weighted by atomic mass is 32.2. The normalized spacial score (nSPS) is 17.0. The lowest BCUT2D eigenvalue weighted by atomic mass is 10.2. The molecule has 4 N–H and O–H groups in total. The molecular weight excluding hydrogens is 260 g/mol. The third-order valence-corrected chi connectivity index (χ3v) is 2.67. The van der Waals surface area contributed by atoms with Crippen molar-refractivity contribution < 1.29 is 25.2 Å². The maximum atomic E-state index is 10.9. The molecule has 0 aliphatic heterocycles. The molecule has 0 unspecified atom stereocenters. The van der Waals surface area contributed by atoms with Crippen LogP contribution in [0.25, 0.3) is 0 Å². The van der Waals surface area contributed by atoms with E-state index in [4.69, 9.17) is 11.5 Å². The molecule has 0 aromatic rings. The Morgan fingerprint density at radius 2 is 1.12 bits per heavy atom. The van der Waals surface area contributed by atoms with Crippen molar-refractivity contribution in [3.05, 3.63) is 0 Å². The lowest BCUT2D eigenvalue weighted by molar-refractivity contribution is 0.0751. The molecule has 10 heteroatoms. The molecule has 0 radical (unpaired) electrons. The van der Waals surface area contributed by atoms with Crippen molar-refractivity contribution in [2.75, 3.05) is 25.6 Å². The van der Waals surface area contributed by atoms with Crippen LogP contribution in [-0.4, -0.2) is 54.6 Å². The second-order valence-corrected chi connectivity index (χ2v) is 6.35. The summed E-state index contributed by atoms with van der Waals surface area (Å²) in [5, 5.41) is 0. The van der Waals surface area contributed by atoms with Crippen LogP contribution in [0.1, 0.15) is 0 Å². The molecule has 2 atom stereocenters. The molecule has 0 amide bonds. The largest absolute Gasteiger partial charge is 0.328 e. The lowest BCUT2D eigenvalue weighted by Crippen LogP contribution is -2.44. The lowest BCUT2D eigenvalue weighted by Gasteiger charge is -2.22. The van der Waals surface area contributed by atoms with E-state index in [1.807, 2.05) is 0 Å². The van der Waals surface area contributed by atoms with E-state index in [-0.39, 0.29) is 13.1 Å². The molecule has 8 nitrogen and oxygen atoms in total. The Kier molecular flexibility index (Phi) is 5.79. The molecule has 0 spiro atoms. The molecule has 16 heavy (non-hydrogen) atoms. The van der Waals surface area contributed by atoms with Crippen LogP contribution in [0.2, 0.25) is 0 Å². The fourth-order valence-corrected chi connectivity index (χ4v) is 2.26. The molecule has 0 aliphatic rings. The Labute approximate surface area is 95.1 Å². The first-order valence-electron chi connectivity index (χ1n) is 4.25. The smallest absolute Gasteiger partial charge is 0.264 e. The highest BCUT2D eigenvalue weighted by Gasteiger charge is 2.27. The number of rotatable bonds is 7. The zero-order chi connectivity index (χ0) is 13.0. The van der Waals surface area contributed by atoms with Crippen molar-refractivity contribution in [3.63, 3.8) is 0 Å². The van der Waals surface area contributed by atoms with E-state index in [1.165, 1.54) is 0 Å². The Bertz CT molecular complexity index is 363. The molecule has 0 aromatic carbocycles.